The largest absolute Gasteiger partial charge is 0.436 e. The highest BCUT2D eigenvalue weighted by atomic mass is 16.3. The van der Waals surface area contributed by atoms with Gasteiger partial charge in [-0.05, 0) is 36.8 Å². The standard InChI is InChI=1S/C17H16N2O2/c1-3-16(20)18-13-7-5-4-6-12(13)17-19-14-10-11(2)8-9-15(14)21-17/h4-10H,3H2,1-2H3,(H,18,20). The van der Waals surface area contributed by atoms with Crippen LogP contribution in [0.5, 0.6) is 0 Å². The summed E-state index contributed by atoms with van der Waals surface area (Å²) >= 11 is 0. The Morgan fingerprint density at radius 2 is 2.05 bits per heavy atom. The molecule has 0 saturated heterocycles. The smallest absolute Gasteiger partial charge is 0.229 e. The van der Waals surface area contributed by atoms with Crippen molar-refractivity contribution in [1.82, 2.24) is 4.98 Å². The molecule has 0 unspecified atom stereocenters. The van der Waals surface area contributed by atoms with Crippen LogP contribution >= 0.6 is 0 Å². The van der Waals surface area contributed by atoms with Crippen molar-refractivity contribution in [3.63, 3.8) is 0 Å². The lowest BCUT2D eigenvalue weighted by molar-refractivity contribution is -0.115. The van der Waals surface area contributed by atoms with Gasteiger partial charge in [-0.1, -0.05) is 25.1 Å². The van der Waals surface area contributed by atoms with Gasteiger partial charge in [0.05, 0.1) is 11.3 Å². The fourth-order valence-electron chi connectivity index (χ4n) is 2.17. The van der Waals surface area contributed by atoms with Gasteiger partial charge in [-0.3, -0.25) is 4.79 Å². The number of nitrogens with one attached hydrogen (secondary N) is 1. The zero-order valence-electron chi connectivity index (χ0n) is 12.0. The summed E-state index contributed by atoms with van der Waals surface area (Å²) in [5.74, 6) is 0.483. The highest BCUT2D eigenvalue weighted by Gasteiger charge is 2.13. The van der Waals surface area contributed by atoms with Crippen LogP contribution in [0.25, 0.3) is 22.6 Å². The normalized spacial score (nSPS) is 10.8. The number of amides is 1. The van der Waals surface area contributed by atoms with Crippen LogP contribution in [0.15, 0.2) is 46.9 Å². The van der Waals surface area contributed by atoms with Crippen LogP contribution in [0.2, 0.25) is 0 Å². The van der Waals surface area contributed by atoms with Crippen molar-refractivity contribution in [3.8, 4) is 11.5 Å². The summed E-state index contributed by atoms with van der Waals surface area (Å²) in [6.07, 6.45) is 0.432. The minimum absolute atomic E-state index is 0.0330. The summed E-state index contributed by atoms with van der Waals surface area (Å²) in [6, 6.07) is 13.4. The Morgan fingerprint density at radius 3 is 2.86 bits per heavy atom. The van der Waals surface area contributed by atoms with Gasteiger partial charge in [0.15, 0.2) is 5.58 Å². The molecule has 0 saturated carbocycles. The zero-order chi connectivity index (χ0) is 14.8. The van der Waals surface area contributed by atoms with Gasteiger partial charge in [0, 0.05) is 6.42 Å². The maximum absolute atomic E-state index is 11.6. The van der Waals surface area contributed by atoms with Crippen molar-refractivity contribution in [1.29, 1.82) is 0 Å². The number of aryl methyl sites for hydroxylation is 1. The molecule has 2 aromatic carbocycles. The number of anilines is 1. The first-order chi connectivity index (χ1) is 10.2. The lowest BCUT2D eigenvalue weighted by Gasteiger charge is -2.07. The Bertz CT molecular complexity index is 805. The van der Waals surface area contributed by atoms with Gasteiger partial charge in [0.2, 0.25) is 11.8 Å². The molecule has 21 heavy (non-hydrogen) atoms. The average Bonchev–Trinajstić information content (AvgIpc) is 2.90. The number of para-hydroxylation sites is 1. The maximum atomic E-state index is 11.6. The fraction of sp³-hybridized carbons (Fsp3) is 0.176. The van der Waals surface area contributed by atoms with Crippen LogP contribution in [0.1, 0.15) is 18.9 Å². The van der Waals surface area contributed by atoms with Crippen molar-refractivity contribution in [3.05, 3.63) is 48.0 Å². The molecule has 3 aromatic rings. The second kappa shape index (κ2) is 5.40. The Labute approximate surface area is 122 Å². The Balaban J connectivity index is 2.07. The number of fused-ring (bicyclic) bond motifs is 1. The van der Waals surface area contributed by atoms with E-state index >= 15 is 0 Å². The Kier molecular flexibility index (Phi) is 3.44. The minimum Gasteiger partial charge on any atom is -0.436 e. The van der Waals surface area contributed by atoms with Gasteiger partial charge in [0.25, 0.3) is 0 Å². The van der Waals surface area contributed by atoms with Crippen molar-refractivity contribution >= 4 is 22.7 Å². The third-order valence-corrected chi connectivity index (χ3v) is 3.30. The molecule has 1 N–H and O–H groups in total. The van der Waals surface area contributed by atoms with E-state index < -0.39 is 0 Å². The van der Waals surface area contributed by atoms with Crippen molar-refractivity contribution in [2.45, 2.75) is 20.3 Å². The van der Waals surface area contributed by atoms with E-state index in [4.69, 9.17) is 4.42 Å². The molecule has 1 heterocycles. The van der Waals surface area contributed by atoms with E-state index in [0.717, 1.165) is 22.2 Å². The highest BCUT2D eigenvalue weighted by molar-refractivity contribution is 5.94. The molecule has 0 radical (unpaired) electrons. The van der Waals surface area contributed by atoms with Crippen molar-refractivity contribution in [2.75, 3.05) is 5.32 Å². The number of carbonyl (C=O) groups is 1. The van der Waals surface area contributed by atoms with E-state index in [1.54, 1.807) is 0 Å². The third kappa shape index (κ3) is 2.65. The number of aromatic nitrogens is 1. The molecule has 0 atom stereocenters. The van der Waals surface area contributed by atoms with Crippen LogP contribution in [-0.2, 0) is 4.79 Å². The van der Waals surface area contributed by atoms with Crippen LogP contribution in [0.3, 0.4) is 0 Å². The molecule has 1 amide bonds. The molecule has 4 heteroatoms. The van der Waals surface area contributed by atoms with Crippen molar-refractivity contribution < 1.29 is 9.21 Å². The van der Waals surface area contributed by atoms with Crippen LogP contribution in [0.4, 0.5) is 5.69 Å². The summed E-state index contributed by atoms with van der Waals surface area (Å²) < 4.78 is 5.80. The van der Waals surface area contributed by atoms with E-state index in [0.29, 0.717) is 18.0 Å². The van der Waals surface area contributed by atoms with E-state index in [-0.39, 0.29) is 5.91 Å². The summed E-state index contributed by atoms with van der Waals surface area (Å²) in [5, 5.41) is 2.88. The first-order valence-electron chi connectivity index (χ1n) is 6.94. The van der Waals surface area contributed by atoms with Gasteiger partial charge in [0.1, 0.15) is 5.52 Å². The molecule has 0 fully saturated rings. The van der Waals surface area contributed by atoms with E-state index in [9.17, 15) is 4.79 Å². The summed E-state index contributed by atoms with van der Waals surface area (Å²) in [4.78, 5) is 16.1. The molecule has 1 aromatic heterocycles. The first-order valence-corrected chi connectivity index (χ1v) is 6.94. The summed E-state index contributed by atoms with van der Waals surface area (Å²) in [6.45, 7) is 3.84. The lowest BCUT2D eigenvalue weighted by Crippen LogP contribution is -2.10. The minimum atomic E-state index is -0.0330. The van der Waals surface area contributed by atoms with Gasteiger partial charge < -0.3 is 9.73 Å². The van der Waals surface area contributed by atoms with E-state index in [2.05, 4.69) is 10.3 Å². The van der Waals surface area contributed by atoms with Gasteiger partial charge in [-0.2, -0.15) is 0 Å². The van der Waals surface area contributed by atoms with Gasteiger partial charge in [-0.25, -0.2) is 4.98 Å². The van der Waals surface area contributed by atoms with Crippen LogP contribution in [0, 0.1) is 6.92 Å². The van der Waals surface area contributed by atoms with Crippen LogP contribution in [-0.4, -0.2) is 10.9 Å². The molecule has 106 valence electrons. The molecule has 4 nitrogen and oxygen atoms in total. The SMILES string of the molecule is CCC(=O)Nc1ccccc1-c1nc2cc(C)ccc2o1. The third-order valence-electron chi connectivity index (χ3n) is 3.30. The molecule has 0 spiro atoms. The van der Waals surface area contributed by atoms with Gasteiger partial charge in [-0.15, -0.1) is 0 Å². The Morgan fingerprint density at radius 1 is 1.24 bits per heavy atom. The summed E-state index contributed by atoms with van der Waals surface area (Å²) in [7, 11) is 0. The second-order valence-electron chi connectivity index (χ2n) is 4.94. The zero-order valence-corrected chi connectivity index (χ0v) is 12.0. The highest BCUT2D eigenvalue weighted by Crippen LogP contribution is 2.30. The maximum Gasteiger partial charge on any atom is 0.229 e. The number of carbonyl (C=O) groups excluding carboxylic acids is 1. The second-order valence-corrected chi connectivity index (χ2v) is 4.94. The molecular weight excluding hydrogens is 264 g/mol. The molecule has 0 bridgehead atoms. The quantitative estimate of drug-likeness (QED) is 0.784. The molecular formula is C17H16N2O2. The number of hydrogen-bond donors (Lipinski definition) is 1. The fourth-order valence-corrected chi connectivity index (χ4v) is 2.17. The van der Waals surface area contributed by atoms with Crippen LogP contribution < -0.4 is 5.32 Å². The van der Waals surface area contributed by atoms with E-state index in [1.807, 2.05) is 56.3 Å². The number of hydrogen-bond acceptors (Lipinski definition) is 3. The first kappa shape index (κ1) is 13.4. The predicted molar refractivity (Wildman–Crippen MR) is 83.1 cm³/mol. The number of rotatable bonds is 3. The van der Waals surface area contributed by atoms with Gasteiger partial charge >= 0.3 is 0 Å². The molecule has 0 aliphatic rings. The Hall–Kier alpha value is -2.62. The number of nitrogens with zero attached hydrogens (tertiary/aromatic N) is 1. The number of benzene rings is 2. The number of oxazole rings is 1. The molecule has 3 rings (SSSR count). The molecule has 0 aliphatic heterocycles. The van der Waals surface area contributed by atoms with Crippen molar-refractivity contribution in [2.24, 2.45) is 0 Å². The average molecular weight is 280 g/mol. The topological polar surface area (TPSA) is 55.1 Å². The molecule has 0 aliphatic carbocycles. The predicted octanol–water partition coefficient (Wildman–Crippen LogP) is 4.15. The lowest BCUT2D eigenvalue weighted by atomic mass is 10.1. The monoisotopic (exact) mass is 280 g/mol. The van der Waals surface area contributed by atoms with E-state index in [1.165, 1.54) is 0 Å². The summed E-state index contributed by atoms with van der Waals surface area (Å²) in [5.41, 5.74) is 4.20.